The van der Waals surface area contributed by atoms with Crippen LogP contribution in [0.3, 0.4) is 0 Å². The highest BCUT2D eigenvalue weighted by molar-refractivity contribution is 9.10. The summed E-state index contributed by atoms with van der Waals surface area (Å²) in [4.78, 5) is 56.6. The molecule has 0 bridgehead atoms. The average Bonchev–Trinajstić information content (AvgIpc) is 2.69. The van der Waals surface area contributed by atoms with E-state index in [1.165, 1.54) is 0 Å². The first-order valence-corrected chi connectivity index (χ1v) is 10.0. The van der Waals surface area contributed by atoms with Crippen LogP contribution in [0.1, 0.15) is 31.2 Å². The van der Waals surface area contributed by atoms with Gasteiger partial charge in [0.15, 0.2) is 0 Å². The van der Waals surface area contributed by atoms with Crippen LogP contribution in [0.2, 0.25) is 0 Å². The fourth-order valence-corrected chi connectivity index (χ4v) is 2.68. The number of carbonyl (C=O) groups excluding carboxylic acids is 2. The van der Waals surface area contributed by atoms with E-state index in [1.807, 2.05) is 29.6 Å². The van der Waals surface area contributed by atoms with E-state index in [9.17, 15) is 29.1 Å². The number of halogens is 1. The zero-order valence-electron chi connectivity index (χ0n) is 16.4. The third kappa shape index (κ3) is 11.0. The Hall–Kier alpha value is -3.15. The molecular formula is C19H23BrN2O9. The van der Waals surface area contributed by atoms with Gasteiger partial charge in [0.2, 0.25) is 12.0 Å². The lowest BCUT2D eigenvalue weighted by Gasteiger charge is -2.17. The number of hydrogen-bond acceptors (Lipinski definition) is 6. The number of carboxylic acid groups (broad SMARTS) is 3. The van der Waals surface area contributed by atoms with E-state index in [2.05, 4.69) is 26.0 Å². The fraction of sp³-hybridized carbons (Fsp3) is 0.421. The summed E-state index contributed by atoms with van der Waals surface area (Å²) < 4.78 is 5.52. The number of nitrogens with one attached hydrogen (secondary N) is 2. The predicted molar refractivity (Wildman–Crippen MR) is 109 cm³/mol. The second-order valence-corrected chi connectivity index (χ2v) is 7.38. The Bertz CT molecular complexity index is 798. The van der Waals surface area contributed by atoms with Crippen molar-refractivity contribution >= 4 is 45.8 Å². The van der Waals surface area contributed by atoms with E-state index in [-0.39, 0.29) is 12.8 Å². The molecule has 170 valence electrons. The lowest BCUT2D eigenvalue weighted by atomic mass is 10.1. The summed E-state index contributed by atoms with van der Waals surface area (Å²) in [5.74, 6) is -4.68. The largest absolute Gasteiger partial charge is 0.481 e. The third-order valence-electron chi connectivity index (χ3n) is 4.04. The molecule has 1 aromatic carbocycles. The summed E-state index contributed by atoms with van der Waals surface area (Å²) in [5, 5.41) is 31.4. The summed E-state index contributed by atoms with van der Waals surface area (Å²) >= 11 is 3.32. The summed E-state index contributed by atoms with van der Waals surface area (Å²) in [6, 6.07) is 6.05. The highest BCUT2D eigenvalue weighted by Gasteiger charge is 2.27. The van der Waals surface area contributed by atoms with E-state index in [0.717, 1.165) is 10.0 Å². The maximum atomic E-state index is 11.9. The van der Waals surface area contributed by atoms with Crippen molar-refractivity contribution in [1.29, 1.82) is 0 Å². The molecule has 0 radical (unpaired) electrons. The van der Waals surface area contributed by atoms with E-state index in [1.54, 1.807) is 0 Å². The number of carbonyl (C=O) groups is 5. The first-order valence-electron chi connectivity index (χ1n) is 9.24. The second-order valence-electron chi connectivity index (χ2n) is 6.46. The van der Waals surface area contributed by atoms with Gasteiger partial charge < -0.3 is 30.7 Å². The van der Waals surface area contributed by atoms with Crippen LogP contribution in [0.15, 0.2) is 28.7 Å². The van der Waals surface area contributed by atoms with Gasteiger partial charge in [-0.1, -0.05) is 28.1 Å². The number of aliphatic carboxylic acids is 3. The number of carboxylic acids is 3. The summed E-state index contributed by atoms with van der Waals surface area (Å²) in [6.45, 7) is 0.345. The van der Waals surface area contributed by atoms with Gasteiger partial charge in [-0.05, 0) is 30.5 Å². The molecule has 0 aromatic heterocycles. The van der Waals surface area contributed by atoms with E-state index in [4.69, 9.17) is 10.2 Å². The van der Waals surface area contributed by atoms with Crippen LogP contribution >= 0.6 is 15.9 Å². The summed E-state index contributed by atoms with van der Waals surface area (Å²) in [7, 11) is 0. The number of hydrogen-bond donors (Lipinski definition) is 5. The minimum atomic E-state index is -1.74. The molecular weight excluding hydrogens is 480 g/mol. The van der Waals surface area contributed by atoms with Crippen molar-refractivity contribution < 1.29 is 44.0 Å². The normalized spacial score (nSPS) is 12.3. The SMILES string of the molecule is O=C(O)CC[C@H](OC(=O)N[C@@H](CCC(=O)NCCc1ccc(Br)cc1)C(=O)O)C(=O)O. The van der Waals surface area contributed by atoms with Crippen molar-refractivity contribution in [1.82, 2.24) is 10.6 Å². The molecule has 0 saturated heterocycles. The van der Waals surface area contributed by atoms with Crippen molar-refractivity contribution in [3.63, 3.8) is 0 Å². The lowest BCUT2D eigenvalue weighted by Crippen LogP contribution is -2.44. The van der Waals surface area contributed by atoms with Gasteiger partial charge in [0, 0.05) is 30.3 Å². The monoisotopic (exact) mass is 502 g/mol. The first-order chi connectivity index (χ1) is 14.6. The molecule has 0 saturated carbocycles. The Morgan fingerprint density at radius 1 is 0.935 bits per heavy atom. The summed E-state index contributed by atoms with van der Waals surface area (Å²) in [5.41, 5.74) is 1.01. The Morgan fingerprint density at radius 2 is 1.58 bits per heavy atom. The summed E-state index contributed by atoms with van der Waals surface area (Å²) in [6.07, 6.45) is -3.96. The van der Waals surface area contributed by atoms with E-state index >= 15 is 0 Å². The maximum absolute atomic E-state index is 11.9. The Labute approximate surface area is 185 Å². The van der Waals surface area contributed by atoms with E-state index < -0.39 is 54.9 Å². The molecule has 0 aliphatic carbocycles. The lowest BCUT2D eigenvalue weighted by molar-refractivity contribution is -0.148. The third-order valence-corrected chi connectivity index (χ3v) is 4.57. The standard InChI is InChI=1S/C19H23BrN2O9/c20-12-3-1-11(2-4-12)9-10-21-15(23)7-5-13(17(26)27)22-19(30)31-14(18(28)29)6-8-16(24)25/h1-4,13-14H,5-10H2,(H,21,23)(H,22,30)(H,24,25)(H,26,27)(H,28,29)/t13-,14-/m0/s1. The smallest absolute Gasteiger partial charge is 0.408 e. The van der Waals surface area contributed by atoms with Crippen molar-refractivity contribution in [2.24, 2.45) is 0 Å². The molecule has 2 atom stereocenters. The van der Waals surface area contributed by atoms with Crippen LogP contribution in [0.25, 0.3) is 0 Å². The minimum Gasteiger partial charge on any atom is -0.481 e. The molecule has 11 nitrogen and oxygen atoms in total. The molecule has 0 aliphatic rings. The van der Waals surface area contributed by atoms with Crippen LogP contribution in [-0.2, 0) is 30.3 Å². The van der Waals surface area contributed by atoms with Crippen LogP contribution in [0, 0.1) is 0 Å². The van der Waals surface area contributed by atoms with Gasteiger partial charge >= 0.3 is 24.0 Å². The van der Waals surface area contributed by atoms with Gasteiger partial charge in [0.25, 0.3) is 0 Å². The highest BCUT2D eigenvalue weighted by atomic mass is 79.9. The van der Waals surface area contributed by atoms with E-state index in [0.29, 0.717) is 13.0 Å². The Morgan fingerprint density at radius 3 is 2.13 bits per heavy atom. The van der Waals surface area contributed by atoms with Gasteiger partial charge in [-0.15, -0.1) is 0 Å². The molecule has 0 aliphatic heterocycles. The predicted octanol–water partition coefficient (Wildman–Crippen LogP) is 1.39. The number of alkyl carbamates (subject to hydrolysis) is 1. The van der Waals surface area contributed by atoms with Gasteiger partial charge in [-0.3, -0.25) is 9.59 Å². The molecule has 2 amide bonds. The quantitative estimate of drug-likeness (QED) is 0.266. The van der Waals surface area contributed by atoms with Gasteiger partial charge in [-0.25, -0.2) is 14.4 Å². The molecule has 0 fully saturated rings. The molecule has 0 spiro atoms. The molecule has 0 heterocycles. The zero-order valence-corrected chi connectivity index (χ0v) is 18.0. The maximum Gasteiger partial charge on any atom is 0.408 e. The molecule has 31 heavy (non-hydrogen) atoms. The number of benzene rings is 1. The molecule has 12 heteroatoms. The highest BCUT2D eigenvalue weighted by Crippen LogP contribution is 2.10. The van der Waals surface area contributed by atoms with Crippen LogP contribution < -0.4 is 10.6 Å². The van der Waals surface area contributed by atoms with Gasteiger partial charge in [0.1, 0.15) is 6.04 Å². The number of amides is 2. The van der Waals surface area contributed by atoms with Crippen molar-refractivity contribution in [2.45, 2.75) is 44.2 Å². The molecule has 5 N–H and O–H groups in total. The second kappa shape index (κ2) is 13.2. The van der Waals surface area contributed by atoms with Crippen LogP contribution in [0.4, 0.5) is 4.79 Å². The van der Waals surface area contributed by atoms with Crippen LogP contribution in [-0.4, -0.2) is 63.9 Å². The van der Waals surface area contributed by atoms with Crippen molar-refractivity contribution in [2.75, 3.05) is 6.54 Å². The number of rotatable bonds is 13. The molecule has 0 unspecified atom stereocenters. The average molecular weight is 503 g/mol. The molecule has 1 rings (SSSR count). The Kier molecular flexibility index (Phi) is 11.0. The Balaban J connectivity index is 2.44. The van der Waals surface area contributed by atoms with Gasteiger partial charge in [-0.2, -0.15) is 0 Å². The van der Waals surface area contributed by atoms with Crippen LogP contribution in [0.5, 0.6) is 0 Å². The van der Waals surface area contributed by atoms with Crippen molar-refractivity contribution in [3.8, 4) is 0 Å². The first kappa shape index (κ1) is 25.9. The zero-order chi connectivity index (χ0) is 23.4. The minimum absolute atomic E-state index is 0.195. The van der Waals surface area contributed by atoms with Gasteiger partial charge in [0.05, 0.1) is 0 Å². The molecule has 1 aromatic rings. The fourth-order valence-electron chi connectivity index (χ4n) is 2.41. The number of ether oxygens (including phenoxy) is 1. The van der Waals surface area contributed by atoms with Crippen molar-refractivity contribution in [3.05, 3.63) is 34.3 Å². The topological polar surface area (TPSA) is 179 Å².